The second kappa shape index (κ2) is 6.44. The van der Waals surface area contributed by atoms with Crippen LogP contribution in [-0.4, -0.2) is 11.1 Å². The summed E-state index contributed by atoms with van der Waals surface area (Å²) in [6.45, 7) is 3.82. The van der Waals surface area contributed by atoms with Crippen molar-refractivity contribution in [1.82, 2.24) is 0 Å². The van der Waals surface area contributed by atoms with E-state index >= 15 is 0 Å². The van der Waals surface area contributed by atoms with Crippen molar-refractivity contribution in [3.63, 3.8) is 0 Å². The molecule has 0 saturated heterocycles. The molecule has 0 radical (unpaired) electrons. The molecular formula is C10H14O2. The second-order valence-electron chi connectivity index (χ2n) is 2.36. The topological polar surface area (TPSA) is 37.3 Å². The van der Waals surface area contributed by atoms with Crippen LogP contribution < -0.4 is 0 Å². The first-order chi connectivity index (χ1) is 5.72. The first-order valence-electron chi connectivity index (χ1n) is 4.03. The summed E-state index contributed by atoms with van der Waals surface area (Å²) in [6.07, 6.45) is 6.86. The minimum atomic E-state index is -0.930. The molecule has 2 heteroatoms. The summed E-state index contributed by atoms with van der Waals surface area (Å²) in [5, 5.41) is 8.63. The van der Waals surface area contributed by atoms with E-state index in [1.165, 1.54) is 6.08 Å². The Morgan fingerprint density at radius 1 is 1.58 bits per heavy atom. The maximum Gasteiger partial charge on any atom is 0.343 e. The molecule has 0 saturated carbocycles. The van der Waals surface area contributed by atoms with Gasteiger partial charge in [0.1, 0.15) is 5.57 Å². The summed E-state index contributed by atoms with van der Waals surface area (Å²) < 4.78 is 0. The molecule has 0 aromatic rings. The fraction of sp³-hybridized carbons (Fsp3) is 0.400. The fourth-order valence-electron chi connectivity index (χ4n) is 0.674. The predicted molar refractivity (Wildman–Crippen MR) is 49.0 cm³/mol. The summed E-state index contributed by atoms with van der Waals surface area (Å²) >= 11 is 0. The van der Waals surface area contributed by atoms with Crippen molar-refractivity contribution in [3.05, 3.63) is 29.5 Å². The van der Waals surface area contributed by atoms with Gasteiger partial charge in [0.25, 0.3) is 0 Å². The lowest BCUT2D eigenvalue weighted by Gasteiger charge is -1.87. The van der Waals surface area contributed by atoms with E-state index in [0.717, 1.165) is 12.8 Å². The minimum Gasteiger partial charge on any atom is -0.477 e. The molecule has 1 N–H and O–H groups in total. The highest BCUT2D eigenvalue weighted by atomic mass is 16.4. The summed E-state index contributed by atoms with van der Waals surface area (Å²) in [5.41, 5.74) is 2.94. The Labute approximate surface area is 72.9 Å². The molecule has 0 aliphatic rings. The first kappa shape index (κ1) is 10.7. The van der Waals surface area contributed by atoms with Crippen molar-refractivity contribution in [2.75, 3.05) is 0 Å². The zero-order chi connectivity index (χ0) is 9.40. The van der Waals surface area contributed by atoms with Gasteiger partial charge in [0, 0.05) is 0 Å². The molecule has 0 unspecified atom stereocenters. The smallest absolute Gasteiger partial charge is 0.343 e. The maximum atomic E-state index is 10.5. The molecule has 66 valence electrons. The Balaban J connectivity index is 4.49. The van der Waals surface area contributed by atoms with Gasteiger partial charge in [-0.15, -0.1) is 5.73 Å². The molecule has 0 aromatic carbocycles. The van der Waals surface area contributed by atoms with Crippen molar-refractivity contribution in [2.45, 2.75) is 26.7 Å². The zero-order valence-corrected chi connectivity index (χ0v) is 7.50. The molecule has 12 heavy (non-hydrogen) atoms. The lowest BCUT2D eigenvalue weighted by Crippen LogP contribution is -1.95. The molecule has 0 atom stereocenters. The number of carboxylic acid groups (broad SMARTS) is 1. The first-order valence-corrected chi connectivity index (χ1v) is 4.03. The van der Waals surface area contributed by atoms with Gasteiger partial charge in [0.15, 0.2) is 0 Å². The number of carbonyl (C=O) groups is 1. The van der Waals surface area contributed by atoms with Crippen LogP contribution in [0, 0.1) is 0 Å². The number of allylic oxidation sites excluding steroid dienone is 1. The van der Waals surface area contributed by atoms with Gasteiger partial charge in [0.2, 0.25) is 0 Å². The minimum absolute atomic E-state index is 0.214. The Morgan fingerprint density at radius 3 is 2.67 bits per heavy atom. The van der Waals surface area contributed by atoms with E-state index in [1.807, 2.05) is 6.92 Å². The summed E-state index contributed by atoms with van der Waals surface area (Å²) in [5.74, 6) is -0.930. The molecule has 0 fully saturated rings. The number of aliphatic carboxylic acids is 1. The van der Waals surface area contributed by atoms with E-state index in [-0.39, 0.29) is 5.57 Å². The highest BCUT2D eigenvalue weighted by molar-refractivity contribution is 5.89. The quantitative estimate of drug-likeness (QED) is 0.396. The van der Waals surface area contributed by atoms with Crippen LogP contribution in [0.25, 0.3) is 0 Å². The van der Waals surface area contributed by atoms with Gasteiger partial charge in [-0.1, -0.05) is 19.4 Å². The molecule has 0 spiro atoms. The predicted octanol–water partition coefficient (Wildman–Crippen LogP) is 2.53. The third kappa shape index (κ3) is 4.53. The van der Waals surface area contributed by atoms with Crippen LogP contribution in [0.1, 0.15) is 26.7 Å². The largest absolute Gasteiger partial charge is 0.477 e. The summed E-state index contributed by atoms with van der Waals surface area (Å²) in [6, 6.07) is 0. The monoisotopic (exact) mass is 166 g/mol. The zero-order valence-electron chi connectivity index (χ0n) is 7.50. The van der Waals surface area contributed by atoms with E-state index in [4.69, 9.17) is 5.11 Å². The molecule has 0 bridgehead atoms. The average molecular weight is 166 g/mol. The van der Waals surface area contributed by atoms with Crippen LogP contribution in [0.4, 0.5) is 0 Å². The summed E-state index contributed by atoms with van der Waals surface area (Å²) in [7, 11) is 0. The van der Waals surface area contributed by atoms with Crippen LogP contribution in [-0.2, 0) is 4.79 Å². The van der Waals surface area contributed by atoms with Gasteiger partial charge in [0.05, 0.1) is 0 Å². The Hall–Kier alpha value is -1.27. The molecule has 0 amide bonds. The highest BCUT2D eigenvalue weighted by Gasteiger charge is 1.98. The van der Waals surface area contributed by atoms with E-state index in [1.54, 1.807) is 19.1 Å². The van der Waals surface area contributed by atoms with Gasteiger partial charge in [-0.05, 0) is 25.5 Å². The molecule has 0 heterocycles. The van der Waals surface area contributed by atoms with Crippen molar-refractivity contribution >= 4 is 5.97 Å². The SMILES string of the molecule is CC=CC(=C=CCCC)C(=O)O. The van der Waals surface area contributed by atoms with Crippen LogP contribution in [0.15, 0.2) is 29.5 Å². The van der Waals surface area contributed by atoms with E-state index in [9.17, 15) is 4.79 Å². The molecule has 0 rings (SSSR count). The van der Waals surface area contributed by atoms with Crippen LogP contribution in [0.5, 0.6) is 0 Å². The van der Waals surface area contributed by atoms with Crippen LogP contribution in [0.2, 0.25) is 0 Å². The molecule has 2 nitrogen and oxygen atoms in total. The number of rotatable bonds is 4. The average Bonchev–Trinajstić information content (AvgIpc) is 2.03. The Kier molecular flexibility index (Phi) is 5.76. The van der Waals surface area contributed by atoms with Crippen LogP contribution >= 0.6 is 0 Å². The summed E-state index contributed by atoms with van der Waals surface area (Å²) in [4.78, 5) is 10.5. The third-order valence-corrected chi connectivity index (χ3v) is 1.25. The van der Waals surface area contributed by atoms with Crippen LogP contribution in [0.3, 0.4) is 0 Å². The normalized spacial score (nSPS) is 9.50. The highest BCUT2D eigenvalue weighted by Crippen LogP contribution is 1.96. The number of hydrogen-bond donors (Lipinski definition) is 1. The molecule has 0 aromatic heterocycles. The maximum absolute atomic E-state index is 10.5. The lowest BCUT2D eigenvalue weighted by molar-refractivity contribution is -0.132. The van der Waals surface area contributed by atoms with Gasteiger partial charge in [-0.25, -0.2) is 4.79 Å². The Morgan fingerprint density at radius 2 is 2.25 bits per heavy atom. The molecule has 0 aliphatic heterocycles. The van der Waals surface area contributed by atoms with Crippen molar-refractivity contribution < 1.29 is 9.90 Å². The van der Waals surface area contributed by atoms with Gasteiger partial charge in [-0.2, -0.15) is 0 Å². The third-order valence-electron chi connectivity index (χ3n) is 1.25. The van der Waals surface area contributed by atoms with Crippen molar-refractivity contribution in [1.29, 1.82) is 0 Å². The van der Waals surface area contributed by atoms with E-state index in [2.05, 4.69) is 5.73 Å². The van der Waals surface area contributed by atoms with Crippen molar-refractivity contribution in [3.8, 4) is 0 Å². The number of hydrogen-bond acceptors (Lipinski definition) is 1. The molecular weight excluding hydrogens is 152 g/mol. The fourth-order valence-corrected chi connectivity index (χ4v) is 0.674. The van der Waals surface area contributed by atoms with E-state index < -0.39 is 5.97 Å². The standard InChI is InChI=1S/C10H14O2/c1-3-5-6-8-9(7-4-2)10(11)12/h4,6-7H,3,5H2,1-2H3,(H,11,12). The Bertz CT molecular complexity index is 230. The number of unbranched alkanes of at least 4 members (excludes halogenated alkanes) is 1. The van der Waals surface area contributed by atoms with E-state index in [0.29, 0.717) is 0 Å². The number of carboxylic acids is 1. The van der Waals surface area contributed by atoms with Gasteiger partial charge < -0.3 is 5.11 Å². The van der Waals surface area contributed by atoms with Crippen molar-refractivity contribution in [2.24, 2.45) is 0 Å². The second-order valence-corrected chi connectivity index (χ2v) is 2.36. The van der Waals surface area contributed by atoms with Gasteiger partial charge in [-0.3, -0.25) is 0 Å². The molecule has 0 aliphatic carbocycles. The lowest BCUT2D eigenvalue weighted by atomic mass is 10.2. The van der Waals surface area contributed by atoms with Gasteiger partial charge >= 0.3 is 5.97 Å².